The van der Waals surface area contributed by atoms with E-state index < -0.39 is 0 Å². The van der Waals surface area contributed by atoms with Crippen LogP contribution in [0.2, 0.25) is 0 Å². The molecule has 0 rings (SSSR count). The van der Waals surface area contributed by atoms with Crippen LogP contribution >= 0.6 is 11.8 Å². The molecule has 0 bridgehead atoms. The third kappa shape index (κ3) is 12.0. The lowest BCUT2D eigenvalue weighted by atomic mass is 10.4. The van der Waals surface area contributed by atoms with E-state index in [9.17, 15) is 4.79 Å². The van der Waals surface area contributed by atoms with Gasteiger partial charge in [-0.3, -0.25) is 4.79 Å². The van der Waals surface area contributed by atoms with E-state index >= 15 is 0 Å². The Balaban J connectivity index is 3.01. The first kappa shape index (κ1) is 15.9. The molecular formula is C11H23NO3S. The van der Waals surface area contributed by atoms with Crippen LogP contribution in [0.3, 0.4) is 0 Å². The lowest BCUT2D eigenvalue weighted by Crippen LogP contribution is -2.27. The molecule has 0 aliphatic heterocycles. The van der Waals surface area contributed by atoms with E-state index in [-0.39, 0.29) is 5.12 Å². The summed E-state index contributed by atoms with van der Waals surface area (Å²) in [5.41, 5.74) is 0. The van der Waals surface area contributed by atoms with Crippen LogP contribution in [0.1, 0.15) is 20.3 Å². The number of hydrogen-bond acceptors (Lipinski definition) is 5. The van der Waals surface area contributed by atoms with Crippen molar-refractivity contribution in [1.29, 1.82) is 0 Å². The van der Waals surface area contributed by atoms with Crippen molar-refractivity contribution in [3.05, 3.63) is 0 Å². The van der Waals surface area contributed by atoms with Crippen molar-refractivity contribution < 1.29 is 14.3 Å². The first-order valence-corrected chi connectivity index (χ1v) is 6.85. The minimum absolute atomic E-state index is 0.169. The third-order valence-electron chi connectivity index (χ3n) is 1.85. The fraction of sp³-hybridized carbons (Fsp3) is 0.909. The Morgan fingerprint density at radius 1 is 1.19 bits per heavy atom. The second-order valence-corrected chi connectivity index (χ2v) is 4.52. The molecule has 0 aromatic heterocycles. The van der Waals surface area contributed by atoms with Gasteiger partial charge in [-0.05, 0) is 6.26 Å². The summed E-state index contributed by atoms with van der Waals surface area (Å²) in [6, 6.07) is 0.498. The van der Waals surface area contributed by atoms with Gasteiger partial charge in [0.15, 0.2) is 5.12 Å². The van der Waals surface area contributed by atoms with E-state index in [4.69, 9.17) is 9.47 Å². The van der Waals surface area contributed by atoms with Gasteiger partial charge in [-0.15, -0.1) is 0 Å². The van der Waals surface area contributed by atoms with E-state index in [2.05, 4.69) is 19.2 Å². The van der Waals surface area contributed by atoms with E-state index in [0.717, 1.165) is 6.54 Å². The molecule has 0 saturated carbocycles. The summed E-state index contributed by atoms with van der Waals surface area (Å²) < 4.78 is 10.6. The molecule has 0 radical (unpaired) electrons. The molecule has 0 saturated heterocycles. The van der Waals surface area contributed by atoms with Crippen LogP contribution in [0.15, 0.2) is 0 Å². The highest BCUT2D eigenvalue weighted by Gasteiger charge is 1.98. The summed E-state index contributed by atoms with van der Waals surface area (Å²) in [6.07, 6.45) is 2.27. The number of rotatable bonds is 10. The van der Waals surface area contributed by atoms with Crippen LogP contribution < -0.4 is 5.32 Å². The predicted octanol–water partition coefficient (Wildman–Crippen LogP) is 1.30. The smallest absolute Gasteiger partial charge is 0.190 e. The zero-order valence-corrected chi connectivity index (χ0v) is 11.3. The fourth-order valence-electron chi connectivity index (χ4n) is 0.999. The summed E-state index contributed by atoms with van der Waals surface area (Å²) in [6.45, 7) is 7.41. The largest absolute Gasteiger partial charge is 0.379 e. The van der Waals surface area contributed by atoms with Gasteiger partial charge < -0.3 is 14.8 Å². The zero-order valence-electron chi connectivity index (χ0n) is 10.5. The first-order chi connectivity index (χ1) is 7.66. The average molecular weight is 249 g/mol. The van der Waals surface area contributed by atoms with Gasteiger partial charge >= 0.3 is 0 Å². The summed E-state index contributed by atoms with van der Waals surface area (Å²) in [5.74, 6) is 0. The highest BCUT2D eigenvalue weighted by atomic mass is 32.2. The first-order valence-electron chi connectivity index (χ1n) is 5.62. The van der Waals surface area contributed by atoms with Crippen molar-refractivity contribution in [2.45, 2.75) is 26.3 Å². The normalized spacial score (nSPS) is 11.0. The SMILES string of the molecule is CSC(=O)CCOCCOCCNC(C)C. The molecule has 0 aromatic rings. The summed E-state index contributed by atoms with van der Waals surface area (Å²) >= 11 is 1.24. The molecule has 16 heavy (non-hydrogen) atoms. The van der Waals surface area contributed by atoms with Crippen LogP contribution in [0.4, 0.5) is 0 Å². The van der Waals surface area contributed by atoms with Crippen molar-refractivity contribution in [2.24, 2.45) is 0 Å². The minimum Gasteiger partial charge on any atom is -0.379 e. The molecule has 0 unspecified atom stereocenters. The van der Waals surface area contributed by atoms with E-state index in [1.54, 1.807) is 6.26 Å². The van der Waals surface area contributed by atoms with Crippen LogP contribution in [-0.2, 0) is 14.3 Å². The lowest BCUT2D eigenvalue weighted by Gasteiger charge is -2.08. The number of nitrogens with one attached hydrogen (secondary N) is 1. The maximum Gasteiger partial charge on any atom is 0.190 e. The fourth-order valence-corrected chi connectivity index (χ4v) is 1.29. The van der Waals surface area contributed by atoms with Crippen LogP contribution in [0.5, 0.6) is 0 Å². The van der Waals surface area contributed by atoms with Crippen molar-refractivity contribution in [1.82, 2.24) is 5.32 Å². The van der Waals surface area contributed by atoms with Crippen LogP contribution in [0.25, 0.3) is 0 Å². The standard InChI is InChI=1S/C11H23NO3S/c1-10(2)12-5-7-15-9-8-14-6-4-11(13)16-3/h10,12H,4-9H2,1-3H3. The summed E-state index contributed by atoms with van der Waals surface area (Å²) in [5, 5.41) is 3.43. The van der Waals surface area contributed by atoms with Crippen molar-refractivity contribution in [2.75, 3.05) is 39.2 Å². The molecule has 1 N–H and O–H groups in total. The van der Waals surface area contributed by atoms with E-state index in [1.807, 2.05) is 0 Å². The topological polar surface area (TPSA) is 47.6 Å². The quantitative estimate of drug-likeness (QED) is 0.591. The Morgan fingerprint density at radius 3 is 2.38 bits per heavy atom. The molecule has 0 aromatic carbocycles. The summed E-state index contributed by atoms with van der Waals surface area (Å²) in [4.78, 5) is 10.9. The van der Waals surface area contributed by atoms with E-state index in [0.29, 0.717) is 38.9 Å². The van der Waals surface area contributed by atoms with Crippen molar-refractivity contribution in [3.8, 4) is 0 Å². The number of carbonyl (C=O) groups excluding carboxylic acids is 1. The lowest BCUT2D eigenvalue weighted by molar-refractivity contribution is -0.112. The second-order valence-electron chi connectivity index (χ2n) is 3.66. The number of ether oxygens (including phenoxy) is 2. The predicted molar refractivity (Wildman–Crippen MR) is 67.9 cm³/mol. The van der Waals surface area contributed by atoms with Gasteiger partial charge in [0.25, 0.3) is 0 Å². The van der Waals surface area contributed by atoms with Crippen LogP contribution in [-0.4, -0.2) is 50.4 Å². The highest BCUT2D eigenvalue weighted by Crippen LogP contribution is 1.98. The number of thioether (sulfide) groups is 1. The Bertz CT molecular complexity index is 177. The average Bonchev–Trinajstić information content (AvgIpc) is 2.26. The minimum atomic E-state index is 0.169. The number of carbonyl (C=O) groups is 1. The van der Waals surface area contributed by atoms with Gasteiger partial charge in [0.1, 0.15) is 0 Å². The Morgan fingerprint density at radius 2 is 1.81 bits per heavy atom. The molecule has 0 spiro atoms. The molecule has 5 heteroatoms. The van der Waals surface area contributed by atoms with E-state index in [1.165, 1.54) is 11.8 Å². The van der Waals surface area contributed by atoms with Gasteiger partial charge in [-0.2, -0.15) is 0 Å². The molecule has 0 heterocycles. The highest BCUT2D eigenvalue weighted by molar-refractivity contribution is 8.13. The van der Waals surface area contributed by atoms with Crippen LogP contribution in [0, 0.1) is 0 Å². The Labute approximate surface area is 102 Å². The van der Waals surface area contributed by atoms with Gasteiger partial charge in [-0.25, -0.2) is 0 Å². The van der Waals surface area contributed by atoms with Gasteiger partial charge in [0.05, 0.1) is 26.4 Å². The van der Waals surface area contributed by atoms with Gasteiger partial charge in [0.2, 0.25) is 0 Å². The molecule has 4 nitrogen and oxygen atoms in total. The molecule has 0 aliphatic carbocycles. The molecule has 96 valence electrons. The van der Waals surface area contributed by atoms with Gasteiger partial charge in [-0.1, -0.05) is 25.6 Å². The van der Waals surface area contributed by atoms with Crippen molar-refractivity contribution >= 4 is 16.9 Å². The monoisotopic (exact) mass is 249 g/mol. The molecular weight excluding hydrogens is 226 g/mol. The summed E-state index contributed by atoms with van der Waals surface area (Å²) in [7, 11) is 0. The molecule has 0 aliphatic rings. The maximum atomic E-state index is 10.9. The second kappa shape index (κ2) is 11.4. The zero-order chi connectivity index (χ0) is 12.2. The third-order valence-corrected chi connectivity index (χ3v) is 2.51. The van der Waals surface area contributed by atoms with Crippen molar-refractivity contribution in [3.63, 3.8) is 0 Å². The van der Waals surface area contributed by atoms with Gasteiger partial charge in [0, 0.05) is 19.0 Å². The maximum absolute atomic E-state index is 10.9. The Hall–Kier alpha value is -0.100. The number of hydrogen-bond donors (Lipinski definition) is 1. The molecule has 0 fully saturated rings. The molecule has 0 atom stereocenters. The Kier molecular flexibility index (Phi) is 11.3. The molecule has 0 amide bonds.